The second-order valence-electron chi connectivity index (χ2n) is 8.94. The molecule has 6 heteroatoms. The lowest BCUT2D eigenvalue weighted by Crippen LogP contribution is -2.15. The lowest BCUT2D eigenvalue weighted by atomic mass is 9.90. The average molecular weight is 485 g/mol. The van der Waals surface area contributed by atoms with Crippen molar-refractivity contribution in [3.05, 3.63) is 113 Å². The van der Waals surface area contributed by atoms with Crippen molar-refractivity contribution in [1.82, 2.24) is 0 Å². The van der Waals surface area contributed by atoms with Crippen LogP contribution >= 0.6 is 0 Å². The number of rotatable bonds is 8. The predicted molar refractivity (Wildman–Crippen MR) is 139 cm³/mol. The number of allylic oxidation sites excluding steroid dienone is 2. The fourth-order valence-electron chi connectivity index (χ4n) is 4.49. The van der Waals surface area contributed by atoms with Crippen molar-refractivity contribution in [2.45, 2.75) is 43.8 Å². The maximum atomic E-state index is 13.0. The number of nitrogens with one attached hydrogen (secondary N) is 1. The maximum Gasteiger partial charge on any atom is 0.236 e. The second kappa shape index (κ2) is 11.2. The number of anilines is 1. The summed E-state index contributed by atoms with van der Waals surface area (Å²) in [5.41, 5.74) is 4.62. The summed E-state index contributed by atoms with van der Waals surface area (Å²) in [5, 5.41) is 9.01. The van der Waals surface area contributed by atoms with E-state index in [1.807, 2.05) is 30.3 Å². The first-order chi connectivity index (χ1) is 16.9. The number of carbonyl (C=O) groups excluding carboxylic acids is 1. The van der Waals surface area contributed by atoms with E-state index >= 15 is 0 Å². The Morgan fingerprint density at radius 1 is 0.971 bits per heavy atom. The summed E-state index contributed by atoms with van der Waals surface area (Å²) in [4.78, 5) is 13.0. The van der Waals surface area contributed by atoms with Gasteiger partial charge in [0.1, 0.15) is 0 Å². The molecule has 178 valence electrons. The summed E-state index contributed by atoms with van der Waals surface area (Å²) in [7, 11) is -3.59. The third-order valence-corrected chi connectivity index (χ3v) is 7.58. The van der Waals surface area contributed by atoms with E-state index in [0.717, 1.165) is 31.3 Å². The van der Waals surface area contributed by atoms with Gasteiger partial charge in [-0.2, -0.15) is 5.26 Å². The Bertz CT molecular complexity index is 1360. The minimum Gasteiger partial charge on any atom is -0.294 e. The number of ketones is 1. The Morgan fingerprint density at radius 2 is 1.74 bits per heavy atom. The van der Waals surface area contributed by atoms with Gasteiger partial charge in [-0.05, 0) is 67.0 Å². The smallest absolute Gasteiger partial charge is 0.236 e. The lowest BCUT2D eigenvalue weighted by molar-refractivity contribution is 0.0992. The van der Waals surface area contributed by atoms with Gasteiger partial charge in [0.2, 0.25) is 10.0 Å². The van der Waals surface area contributed by atoms with E-state index in [2.05, 4.69) is 16.9 Å². The Kier molecular flexibility index (Phi) is 7.79. The monoisotopic (exact) mass is 484 g/mol. The van der Waals surface area contributed by atoms with E-state index in [9.17, 15) is 13.2 Å². The molecule has 1 unspecified atom stereocenters. The van der Waals surface area contributed by atoms with Crippen LogP contribution in [-0.2, 0) is 15.8 Å². The molecule has 0 aliphatic heterocycles. The van der Waals surface area contributed by atoms with Crippen LogP contribution in [0.25, 0.3) is 0 Å². The number of carbonyl (C=O) groups is 1. The summed E-state index contributed by atoms with van der Waals surface area (Å²) in [6, 6.07) is 25.6. The first-order valence-electron chi connectivity index (χ1n) is 11.8. The quantitative estimate of drug-likeness (QED) is 0.298. The summed E-state index contributed by atoms with van der Waals surface area (Å²) in [6.07, 6.45) is 6.24. The standard InChI is InChI=1S/C29H28N2O3S/c30-20-23-13-16-26(17-14-23)25-9-4-8-22(12-15-25)18-29(32)27-10-5-11-28(19-27)31-35(33,34)21-24-6-2-1-3-7-24/h1-3,5-8,10-11,13-14,16-17,19,25,31H,4,9,12,15,18,21H2. The second-order valence-corrected chi connectivity index (χ2v) is 10.7. The maximum absolute atomic E-state index is 13.0. The SMILES string of the molecule is N#Cc1ccc(C2CCC=C(CC(=O)c3cccc(NS(=O)(=O)Cc4ccccc4)c3)CC2)cc1. The molecule has 0 aromatic heterocycles. The van der Waals surface area contributed by atoms with Crippen LogP contribution in [0.2, 0.25) is 0 Å². The van der Waals surface area contributed by atoms with Crippen molar-refractivity contribution in [2.24, 2.45) is 0 Å². The van der Waals surface area contributed by atoms with Gasteiger partial charge in [0, 0.05) is 17.7 Å². The molecule has 0 heterocycles. The molecule has 3 aromatic carbocycles. The van der Waals surface area contributed by atoms with Crippen molar-refractivity contribution in [3.63, 3.8) is 0 Å². The zero-order chi connectivity index (χ0) is 24.7. The van der Waals surface area contributed by atoms with Gasteiger partial charge in [0.15, 0.2) is 5.78 Å². The Balaban J connectivity index is 1.36. The topological polar surface area (TPSA) is 87.0 Å². The molecule has 1 aliphatic rings. The highest BCUT2D eigenvalue weighted by Gasteiger charge is 2.18. The third kappa shape index (κ3) is 6.91. The molecule has 0 radical (unpaired) electrons. The third-order valence-electron chi connectivity index (χ3n) is 6.32. The lowest BCUT2D eigenvalue weighted by Gasteiger charge is -2.15. The number of hydrogen-bond acceptors (Lipinski definition) is 4. The minimum absolute atomic E-state index is 0.0165. The number of nitrogens with zero attached hydrogens (tertiary/aromatic N) is 1. The van der Waals surface area contributed by atoms with Crippen LogP contribution in [-0.4, -0.2) is 14.2 Å². The molecule has 0 spiro atoms. The van der Waals surface area contributed by atoms with E-state index in [1.165, 1.54) is 5.56 Å². The van der Waals surface area contributed by atoms with Crippen molar-refractivity contribution in [2.75, 3.05) is 4.72 Å². The van der Waals surface area contributed by atoms with Crippen LogP contribution < -0.4 is 4.72 Å². The van der Waals surface area contributed by atoms with Crippen molar-refractivity contribution in [3.8, 4) is 6.07 Å². The van der Waals surface area contributed by atoms with E-state index < -0.39 is 10.0 Å². The fraction of sp³-hybridized carbons (Fsp3) is 0.241. The van der Waals surface area contributed by atoms with Gasteiger partial charge in [-0.25, -0.2) is 8.42 Å². The van der Waals surface area contributed by atoms with E-state index in [4.69, 9.17) is 5.26 Å². The molecule has 1 aliphatic carbocycles. The zero-order valence-corrected chi connectivity index (χ0v) is 20.3. The molecular formula is C29H28N2O3S. The van der Waals surface area contributed by atoms with E-state index in [0.29, 0.717) is 34.7 Å². The van der Waals surface area contributed by atoms with Gasteiger partial charge < -0.3 is 0 Å². The summed E-state index contributed by atoms with van der Waals surface area (Å²) in [6.45, 7) is 0. The molecular weight excluding hydrogens is 456 g/mol. The minimum atomic E-state index is -3.59. The Labute approximate surface area is 207 Å². The summed E-state index contributed by atoms with van der Waals surface area (Å²) < 4.78 is 27.7. The normalized spacial score (nSPS) is 16.0. The first kappa shape index (κ1) is 24.4. The van der Waals surface area contributed by atoms with Gasteiger partial charge in [-0.3, -0.25) is 9.52 Å². The van der Waals surface area contributed by atoms with Gasteiger partial charge in [0.05, 0.1) is 17.4 Å². The molecule has 0 saturated heterocycles. The highest BCUT2D eigenvalue weighted by Crippen LogP contribution is 2.33. The molecule has 3 aromatic rings. The largest absolute Gasteiger partial charge is 0.294 e. The van der Waals surface area contributed by atoms with Crippen LogP contribution in [0.1, 0.15) is 65.1 Å². The number of nitriles is 1. The number of benzene rings is 3. The molecule has 0 saturated carbocycles. The number of hydrogen-bond donors (Lipinski definition) is 1. The number of Topliss-reactive ketones (excluding diaryl/α,β-unsaturated/α-hetero) is 1. The molecule has 0 fully saturated rings. The molecule has 5 nitrogen and oxygen atoms in total. The molecule has 1 atom stereocenters. The fourth-order valence-corrected chi connectivity index (χ4v) is 5.68. The van der Waals surface area contributed by atoms with Crippen molar-refractivity contribution < 1.29 is 13.2 Å². The highest BCUT2D eigenvalue weighted by atomic mass is 32.2. The summed E-state index contributed by atoms with van der Waals surface area (Å²) in [5.74, 6) is 0.269. The van der Waals surface area contributed by atoms with Crippen LogP contribution in [0.4, 0.5) is 5.69 Å². The average Bonchev–Trinajstić information content (AvgIpc) is 3.10. The van der Waals surface area contributed by atoms with E-state index in [-0.39, 0.29) is 11.5 Å². The summed E-state index contributed by atoms with van der Waals surface area (Å²) >= 11 is 0. The van der Waals surface area contributed by atoms with Crippen LogP contribution in [0.15, 0.2) is 90.5 Å². The van der Waals surface area contributed by atoms with Crippen LogP contribution in [0, 0.1) is 11.3 Å². The molecule has 4 rings (SSSR count). The number of sulfonamides is 1. The Hall–Kier alpha value is -3.69. The van der Waals surface area contributed by atoms with Gasteiger partial charge >= 0.3 is 0 Å². The zero-order valence-electron chi connectivity index (χ0n) is 19.5. The van der Waals surface area contributed by atoms with Crippen molar-refractivity contribution in [1.29, 1.82) is 5.26 Å². The Morgan fingerprint density at radius 3 is 2.49 bits per heavy atom. The van der Waals surface area contributed by atoms with Gasteiger partial charge in [-0.15, -0.1) is 0 Å². The van der Waals surface area contributed by atoms with E-state index in [1.54, 1.807) is 48.5 Å². The molecule has 35 heavy (non-hydrogen) atoms. The van der Waals surface area contributed by atoms with Crippen LogP contribution in [0.5, 0.6) is 0 Å². The highest BCUT2D eigenvalue weighted by molar-refractivity contribution is 7.91. The van der Waals surface area contributed by atoms with Gasteiger partial charge in [0.25, 0.3) is 0 Å². The van der Waals surface area contributed by atoms with Gasteiger partial charge in [-0.1, -0.05) is 66.2 Å². The molecule has 0 bridgehead atoms. The van der Waals surface area contributed by atoms with Crippen molar-refractivity contribution >= 4 is 21.5 Å². The molecule has 0 amide bonds. The first-order valence-corrected chi connectivity index (χ1v) is 13.4. The van der Waals surface area contributed by atoms with Crippen LogP contribution in [0.3, 0.4) is 0 Å². The predicted octanol–water partition coefficient (Wildman–Crippen LogP) is 6.36. The molecule has 1 N–H and O–H groups in total.